The van der Waals surface area contributed by atoms with E-state index in [-0.39, 0.29) is 28.1 Å². The molecule has 3 rings (SSSR count). The molecule has 112 valence electrons. The van der Waals surface area contributed by atoms with Gasteiger partial charge in [-0.1, -0.05) is 11.6 Å². The van der Waals surface area contributed by atoms with Crippen molar-refractivity contribution in [2.45, 2.75) is 36.1 Å². The van der Waals surface area contributed by atoms with Crippen molar-refractivity contribution < 1.29 is 13.2 Å². The average Bonchev–Trinajstić information content (AvgIpc) is 2.76. The van der Waals surface area contributed by atoms with E-state index in [1.165, 1.54) is 17.9 Å². The zero-order valence-corrected chi connectivity index (χ0v) is 12.6. The highest BCUT2D eigenvalue weighted by atomic mass is 35.5. The van der Waals surface area contributed by atoms with E-state index in [9.17, 15) is 8.42 Å². The molecule has 1 aliphatic carbocycles. The van der Waals surface area contributed by atoms with E-state index in [0.717, 1.165) is 12.8 Å². The molecule has 0 aromatic carbocycles. The van der Waals surface area contributed by atoms with Crippen LogP contribution in [0.3, 0.4) is 0 Å². The SMILES string of the molecule is Cn1ncc(Cl)c1S(=O)(=O)NC1C(N)C2CCCOC21. The Balaban J connectivity index is 1.81. The molecule has 2 heterocycles. The standard InChI is InChI=1S/C11H17ClN4O3S/c1-16-11(7(12)5-14-16)20(17,18)15-9-8(13)6-3-2-4-19-10(6)9/h5-6,8-10,15H,2-4,13H2,1H3. The minimum Gasteiger partial charge on any atom is -0.376 e. The Kier molecular flexibility index (Phi) is 3.54. The number of rotatable bonds is 3. The summed E-state index contributed by atoms with van der Waals surface area (Å²) in [6, 6.07) is -0.627. The first-order valence-corrected chi connectivity index (χ1v) is 8.35. The van der Waals surface area contributed by atoms with Gasteiger partial charge in [0.2, 0.25) is 0 Å². The van der Waals surface area contributed by atoms with Crippen LogP contribution in [0.25, 0.3) is 0 Å². The quantitative estimate of drug-likeness (QED) is 0.807. The van der Waals surface area contributed by atoms with E-state index in [0.29, 0.717) is 6.61 Å². The van der Waals surface area contributed by atoms with Gasteiger partial charge in [-0.2, -0.15) is 5.10 Å². The predicted octanol–water partition coefficient (Wildman–Crippen LogP) is -0.143. The summed E-state index contributed by atoms with van der Waals surface area (Å²) in [6.07, 6.45) is 3.12. The summed E-state index contributed by atoms with van der Waals surface area (Å²) < 4.78 is 34.2. The number of nitrogens with two attached hydrogens (primary N) is 1. The van der Waals surface area contributed by atoms with Gasteiger partial charge in [-0.05, 0) is 12.8 Å². The molecule has 4 unspecified atom stereocenters. The maximum Gasteiger partial charge on any atom is 0.259 e. The molecule has 9 heteroatoms. The van der Waals surface area contributed by atoms with E-state index in [1.807, 2.05) is 0 Å². The smallest absolute Gasteiger partial charge is 0.259 e. The van der Waals surface area contributed by atoms with Crippen molar-refractivity contribution in [3.05, 3.63) is 11.2 Å². The Hall–Kier alpha value is -0.670. The minimum absolute atomic E-state index is 0.0503. The van der Waals surface area contributed by atoms with Crippen molar-refractivity contribution in [2.75, 3.05) is 6.61 Å². The Bertz CT molecular complexity index is 598. The minimum atomic E-state index is -3.76. The van der Waals surface area contributed by atoms with E-state index in [1.54, 1.807) is 0 Å². The van der Waals surface area contributed by atoms with Gasteiger partial charge in [-0.25, -0.2) is 13.1 Å². The van der Waals surface area contributed by atoms with Crippen LogP contribution in [-0.2, 0) is 21.8 Å². The zero-order valence-electron chi connectivity index (χ0n) is 11.0. The summed E-state index contributed by atoms with van der Waals surface area (Å²) in [6.45, 7) is 0.651. The second-order valence-corrected chi connectivity index (χ2v) is 7.32. The van der Waals surface area contributed by atoms with Gasteiger partial charge in [0, 0.05) is 25.6 Å². The molecule has 2 fully saturated rings. The normalized spacial score (nSPS) is 33.5. The first kappa shape index (κ1) is 14.3. The Labute approximate surface area is 122 Å². The zero-order chi connectivity index (χ0) is 14.5. The highest BCUT2D eigenvalue weighted by Gasteiger charge is 2.52. The van der Waals surface area contributed by atoms with Gasteiger partial charge in [0.05, 0.1) is 23.4 Å². The molecule has 0 spiro atoms. The summed E-state index contributed by atoms with van der Waals surface area (Å²) in [4.78, 5) is 0. The molecule has 7 nitrogen and oxygen atoms in total. The first-order chi connectivity index (χ1) is 9.42. The van der Waals surface area contributed by atoms with Gasteiger partial charge in [0.25, 0.3) is 10.0 Å². The van der Waals surface area contributed by atoms with E-state index in [2.05, 4.69) is 9.82 Å². The van der Waals surface area contributed by atoms with Gasteiger partial charge in [0.1, 0.15) is 0 Å². The maximum atomic E-state index is 12.4. The number of sulfonamides is 1. The number of nitrogens with zero attached hydrogens (tertiary/aromatic N) is 2. The third-order valence-corrected chi connectivity index (χ3v) is 6.03. The second kappa shape index (κ2) is 4.96. The van der Waals surface area contributed by atoms with Crippen molar-refractivity contribution in [1.29, 1.82) is 0 Å². The lowest BCUT2D eigenvalue weighted by molar-refractivity contribution is -0.114. The molecule has 0 bridgehead atoms. The Morgan fingerprint density at radius 3 is 3.00 bits per heavy atom. The molecule has 1 aromatic rings. The van der Waals surface area contributed by atoms with Gasteiger partial charge >= 0.3 is 0 Å². The molecule has 0 radical (unpaired) electrons. The van der Waals surface area contributed by atoms with Gasteiger partial charge in [-0.15, -0.1) is 0 Å². The monoisotopic (exact) mass is 320 g/mol. The number of aryl methyl sites for hydroxylation is 1. The van der Waals surface area contributed by atoms with E-state index in [4.69, 9.17) is 22.1 Å². The fraction of sp³-hybridized carbons (Fsp3) is 0.727. The topological polar surface area (TPSA) is 99.2 Å². The van der Waals surface area contributed by atoms with Crippen LogP contribution < -0.4 is 10.5 Å². The van der Waals surface area contributed by atoms with E-state index < -0.39 is 16.1 Å². The van der Waals surface area contributed by atoms with Crippen LogP contribution in [0.4, 0.5) is 0 Å². The number of nitrogens with one attached hydrogen (secondary N) is 1. The van der Waals surface area contributed by atoms with E-state index >= 15 is 0 Å². The number of aromatic nitrogens is 2. The number of ether oxygens (including phenoxy) is 1. The van der Waals surface area contributed by atoms with Crippen LogP contribution in [0.5, 0.6) is 0 Å². The number of hydrogen-bond donors (Lipinski definition) is 2. The second-order valence-electron chi connectivity index (χ2n) is 5.29. The molecule has 1 saturated heterocycles. The summed E-state index contributed by atoms with van der Waals surface area (Å²) in [5, 5.41) is 3.88. The van der Waals surface area contributed by atoms with Crippen molar-refractivity contribution in [1.82, 2.24) is 14.5 Å². The summed E-state index contributed by atoms with van der Waals surface area (Å²) in [5.74, 6) is 0.235. The van der Waals surface area contributed by atoms with Gasteiger partial charge < -0.3 is 10.5 Å². The van der Waals surface area contributed by atoms with Gasteiger partial charge in [0.15, 0.2) is 5.03 Å². The molecule has 1 aromatic heterocycles. The molecule has 1 saturated carbocycles. The molecule has 20 heavy (non-hydrogen) atoms. The summed E-state index contributed by atoms with van der Waals surface area (Å²) in [7, 11) is -2.23. The molecule has 1 aliphatic heterocycles. The number of halogens is 1. The fourth-order valence-electron chi connectivity index (χ4n) is 3.03. The Morgan fingerprint density at radius 2 is 2.35 bits per heavy atom. The van der Waals surface area contributed by atoms with Crippen LogP contribution in [0, 0.1) is 5.92 Å². The third kappa shape index (κ3) is 2.15. The van der Waals surface area contributed by atoms with Crippen LogP contribution in [0.15, 0.2) is 11.2 Å². The lowest BCUT2D eigenvalue weighted by atomic mass is 9.69. The van der Waals surface area contributed by atoms with Crippen LogP contribution in [-0.4, -0.2) is 43.0 Å². The molecular weight excluding hydrogens is 304 g/mol. The molecule has 0 amide bonds. The lowest BCUT2D eigenvalue weighted by Gasteiger charge is -2.52. The van der Waals surface area contributed by atoms with Gasteiger partial charge in [-0.3, -0.25) is 4.68 Å². The predicted molar refractivity (Wildman–Crippen MR) is 72.8 cm³/mol. The van der Waals surface area contributed by atoms with Crippen molar-refractivity contribution in [2.24, 2.45) is 18.7 Å². The van der Waals surface area contributed by atoms with Crippen molar-refractivity contribution in [3.8, 4) is 0 Å². The molecule has 2 aliphatic rings. The number of fused-ring (bicyclic) bond motifs is 1. The van der Waals surface area contributed by atoms with Crippen LogP contribution in [0.2, 0.25) is 5.02 Å². The largest absolute Gasteiger partial charge is 0.376 e. The molecule has 4 atom stereocenters. The summed E-state index contributed by atoms with van der Waals surface area (Å²) in [5.41, 5.74) is 6.05. The highest BCUT2D eigenvalue weighted by Crippen LogP contribution is 2.37. The molecular formula is C11H17ClN4O3S. The van der Waals surface area contributed by atoms with Crippen molar-refractivity contribution in [3.63, 3.8) is 0 Å². The summed E-state index contributed by atoms with van der Waals surface area (Å²) >= 11 is 5.88. The first-order valence-electron chi connectivity index (χ1n) is 6.49. The number of hydrogen-bond acceptors (Lipinski definition) is 5. The maximum absolute atomic E-state index is 12.4. The Morgan fingerprint density at radius 1 is 1.60 bits per heavy atom. The lowest BCUT2D eigenvalue weighted by Crippen LogP contribution is -2.72. The molecule has 3 N–H and O–H groups in total. The highest BCUT2D eigenvalue weighted by molar-refractivity contribution is 7.89. The third-order valence-electron chi connectivity index (χ3n) is 4.07. The van der Waals surface area contributed by atoms with Crippen molar-refractivity contribution >= 4 is 21.6 Å². The van der Waals surface area contributed by atoms with Crippen LogP contribution >= 0.6 is 11.6 Å². The average molecular weight is 321 g/mol. The fourth-order valence-corrected chi connectivity index (χ4v) is 4.97. The van der Waals surface area contributed by atoms with Crippen LogP contribution in [0.1, 0.15) is 12.8 Å².